The maximum absolute atomic E-state index is 12.1. The molecule has 0 spiro atoms. The summed E-state index contributed by atoms with van der Waals surface area (Å²) in [6.45, 7) is 3.60. The fraction of sp³-hybridized carbons (Fsp3) is 0.118. The van der Waals surface area contributed by atoms with Crippen LogP contribution in [-0.2, 0) is 0 Å². The van der Waals surface area contributed by atoms with Crippen molar-refractivity contribution in [3.8, 4) is 0 Å². The molecule has 0 bridgehead atoms. The molecule has 1 aromatic carbocycles. The van der Waals surface area contributed by atoms with Crippen molar-refractivity contribution in [1.82, 2.24) is 9.97 Å². The van der Waals surface area contributed by atoms with Gasteiger partial charge in [0.15, 0.2) is 5.78 Å². The highest BCUT2D eigenvalue weighted by molar-refractivity contribution is 6.07. The zero-order chi connectivity index (χ0) is 14.8. The number of para-hydroxylation sites is 2. The summed E-state index contributed by atoms with van der Waals surface area (Å²) >= 11 is 0. The van der Waals surface area contributed by atoms with E-state index in [1.807, 2.05) is 31.2 Å². The van der Waals surface area contributed by atoms with Crippen LogP contribution in [0.2, 0.25) is 0 Å². The summed E-state index contributed by atoms with van der Waals surface area (Å²) in [4.78, 5) is 20.9. The molecule has 3 aromatic rings. The van der Waals surface area contributed by atoms with Gasteiger partial charge in [-0.3, -0.25) is 9.78 Å². The van der Waals surface area contributed by atoms with Gasteiger partial charge in [0.2, 0.25) is 0 Å². The van der Waals surface area contributed by atoms with Crippen molar-refractivity contribution >= 4 is 22.9 Å². The number of fused-ring (bicyclic) bond motifs is 1. The van der Waals surface area contributed by atoms with E-state index in [0.717, 1.165) is 16.8 Å². The van der Waals surface area contributed by atoms with Crippen LogP contribution in [0.25, 0.3) is 17.1 Å². The predicted molar refractivity (Wildman–Crippen MR) is 81.1 cm³/mol. The summed E-state index contributed by atoms with van der Waals surface area (Å²) < 4.78 is 5.36. The number of allylic oxidation sites excluding steroid dienone is 1. The van der Waals surface area contributed by atoms with Crippen molar-refractivity contribution in [2.75, 3.05) is 0 Å². The third-order valence-electron chi connectivity index (χ3n) is 3.18. The predicted octanol–water partition coefficient (Wildman–Crippen LogP) is 3.74. The minimum Gasteiger partial charge on any atom is -0.466 e. The maximum Gasteiger partial charge on any atom is 0.189 e. The number of furan rings is 1. The molecule has 0 aliphatic rings. The van der Waals surface area contributed by atoms with E-state index in [2.05, 4.69) is 9.97 Å². The first-order valence-corrected chi connectivity index (χ1v) is 6.65. The van der Waals surface area contributed by atoms with E-state index in [4.69, 9.17) is 4.42 Å². The number of benzene rings is 1. The van der Waals surface area contributed by atoms with Crippen molar-refractivity contribution in [1.29, 1.82) is 0 Å². The van der Waals surface area contributed by atoms with Crippen LogP contribution in [0.15, 0.2) is 47.0 Å². The lowest BCUT2D eigenvalue weighted by Crippen LogP contribution is -1.94. The van der Waals surface area contributed by atoms with E-state index in [9.17, 15) is 4.79 Å². The Morgan fingerprint density at radius 3 is 2.67 bits per heavy atom. The molecule has 3 rings (SSSR count). The van der Waals surface area contributed by atoms with Crippen molar-refractivity contribution in [3.05, 3.63) is 65.4 Å². The van der Waals surface area contributed by atoms with Gasteiger partial charge in [0.25, 0.3) is 0 Å². The Morgan fingerprint density at radius 1 is 1.19 bits per heavy atom. The van der Waals surface area contributed by atoms with Crippen LogP contribution < -0.4 is 0 Å². The minimum atomic E-state index is -0.0979. The van der Waals surface area contributed by atoms with E-state index in [1.165, 1.54) is 6.08 Å². The molecular formula is C17H14N2O2. The summed E-state index contributed by atoms with van der Waals surface area (Å²) in [5, 5.41) is 0. The molecule has 0 aliphatic heterocycles. The maximum atomic E-state index is 12.1. The first-order valence-electron chi connectivity index (χ1n) is 6.65. The minimum absolute atomic E-state index is 0.0979. The molecule has 0 radical (unpaired) electrons. The van der Waals surface area contributed by atoms with Crippen LogP contribution in [0.4, 0.5) is 0 Å². The second-order valence-corrected chi connectivity index (χ2v) is 4.81. The molecule has 0 atom stereocenters. The molecule has 0 amide bonds. The molecule has 4 heteroatoms. The molecule has 0 saturated carbocycles. The molecular weight excluding hydrogens is 264 g/mol. The fourth-order valence-corrected chi connectivity index (χ4v) is 2.18. The summed E-state index contributed by atoms with van der Waals surface area (Å²) in [5.41, 5.74) is 2.88. The number of nitrogens with zero attached hydrogens (tertiary/aromatic N) is 2. The van der Waals surface area contributed by atoms with Crippen LogP contribution in [0.1, 0.15) is 27.6 Å². The van der Waals surface area contributed by atoms with Gasteiger partial charge in [-0.1, -0.05) is 12.1 Å². The SMILES string of the molecule is Cc1cc(C(=O)/C=C/c2cnc3ccccc3n2)c(C)o1. The third kappa shape index (κ3) is 2.74. The van der Waals surface area contributed by atoms with Gasteiger partial charge in [-0.05, 0) is 44.2 Å². The van der Waals surface area contributed by atoms with Gasteiger partial charge in [0, 0.05) is 0 Å². The molecule has 0 fully saturated rings. The van der Waals surface area contributed by atoms with Gasteiger partial charge in [-0.15, -0.1) is 0 Å². The molecule has 4 nitrogen and oxygen atoms in total. The second-order valence-electron chi connectivity index (χ2n) is 4.81. The zero-order valence-electron chi connectivity index (χ0n) is 11.8. The molecule has 0 unspecified atom stereocenters. The normalized spacial score (nSPS) is 11.3. The van der Waals surface area contributed by atoms with Gasteiger partial charge in [-0.2, -0.15) is 0 Å². The van der Waals surface area contributed by atoms with Crippen LogP contribution >= 0.6 is 0 Å². The van der Waals surface area contributed by atoms with Crippen LogP contribution in [-0.4, -0.2) is 15.8 Å². The van der Waals surface area contributed by atoms with E-state index in [1.54, 1.807) is 25.3 Å². The number of aryl methyl sites for hydroxylation is 2. The Bertz CT molecular complexity index is 847. The molecule has 0 aliphatic carbocycles. The quantitative estimate of drug-likeness (QED) is 0.541. The van der Waals surface area contributed by atoms with Crippen LogP contribution in [0.3, 0.4) is 0 Å². The molecule has 0 N–H and O–H groups in total. The van der Waals surface area contributed by atoms with Gasteiger partial charge < -0.3 is 4.42 Å². The standard InChI is InChI=1S/C17H14N2O2/c1-11-9-14(12(2)21-11)17(20)8-7-13-10-18-15-5-3-4-6-16(15)19-13/h3-10H,1-2H3/b8-7+. The molecule has 2 aromatic heterocycles. The molecule has 0 saturated heterocycles. The second kappa shape index (κ2) is 5.32. The van der Waals surface area contributed by atoms with Gasteiger partial charge in [0.05, 0.1) is 28.5 Å². The summed E-state index contributed by atoms with van der Waals surface area (Å²) in [7, 11) is 0. The lowest BCUT2D eigenvalue weighted by atomic mass is 10.1. The Hall–Kier alpha value is -2.75. The van der Waals surface area contributed by atoms with Crippen molar-refractivity contribution in [2.24, 2.45) is 0 Å². The van der Waals surface area contributed by atoms with Crippen LogP contribution in [0, 0.1) is 13.8 Å². The monoisotopic (exact) mass is 278 g/mol. The van der Waals surface area contributed by atoms with Crippen molar-refractivity contribution in [2.45, 2.75) is 13.8 Å². The van der Waals surface area contributed by atoms with Gasteiger partial charge in [0.1, 0.15) is 11.5 Å². The van der Waals surface area contributed by atoms with E-state index in [0.29, 0.717) is 17.0 Å². The lowest BCUT2D eigenvalue weighted by molar-refractivity contribution is 0.104. The fourth-order valence-electron chi connectivity index (χ4n) is 2.18. The van der Waals surface area contributed by atoms with E-state index < -0.39 is 0 Å². The van der Waals surface area contributed by atoms with Crippen molar-refractivity contribution < 1.29 is 9.21 Å². The largest absolute Gasteiger partial charge is 0.466 e. The Labute approximate surface area is 122 Å². The highest BCUT2D eigenvalue weighted by Crippen LogP contribution is 2.15. The van der Waals surface area contributed by atoms with Crippen molar-refractivity contribution in [3.63, 3.8) is 0 Å². The topological polar surface area (TPSA) is 56.0 Å². The number of aromatic nitrogens is 2. The number of rotatable bonds is 3. The first-order chi connectivity index (χ1) is 10.1. The average Bonchev–Trinajstić information content (AvgIpc) is 2.83. The van der Waals surface area contributed by atoms with E-state index in [-0.39, 0.29) is 5.78 Å². The van der Waals surface area contributed by atoms with Crippen LogP contribution in [0.5, 0.6) is 0 Å². The molecule has 21 heavy (non-hydrogen) atoms. The van der Waals surface area contributed by atoms with Gasteiger partial charge in [-0.25, -0.2) is 4.98 Å². The third-order valence-corrected chi connectivity index (χ3v) is 3.18. The molecule has 2 heterocycles. The average molecular weight is 278 g/mol. The summed E-state index contributed by atoms with van der Waals surface area (Å²) in [6.07, 6.45) is 4.82. The first kappa shape index (κ1) is 13.2. The number of hydrogen-bond acceptors (Lipinski definition) is 4. The Kier molecular flexibility index (Phi) is 3.36. The zero-order valence-corrected chi connectivity index (χ0v) is 11.8. The molecule has 104 valence electrons. The Morgan fingerprint density at radius 2 is 1.95 bits per heavy atom. The Balaban J connectivity index is 1.87. The highest BCUT2D eigenvalue weighted by atomic mass is 16.3. The number of carbonyl (C=O) groups is 1. The highest BCUT2D eigenvalue weighted by Gasteiger charge is 2.10. The number of ketones is 1. The number of hydrogen-bond donors (Lipinski definition) is 0. The summed E-state index contributed by atoms with van der Waals surface area (Å²) in [5.74, 6) is 1.26. The number of carbonyl (C=O) groups excluding carboxylic acids is 1. The van der Waals surface area contributed by atoms with E-state index >= 15 is 0 Å². The lowest BCUT2D eigenvalue weighted by Gasteiger charge is -1.97. The smallest absolute Gasteiger partial charge is 0.189 e. The summed E-state index contributed by atoms with van der Waals surface area (Å²) in [6, 6.07) is 9.37. The van der Waals surface area contributed by atoms with Gasteiger partial charge >= 0.3 is 0 Å².